The summed E-state index contributed by atoms with van der Waals surface area (Å²) >= 11 is 0. The Hall–Kier alpha value is -2.48. The van der Waals surface area contributed by atoms with Gasteiger partial charge in [0.1, 0.15) is 23.9 Å². The van der Waals surface area contributed by atoms with Gasteiger partial charge in [0, 0.05) is 31.5 Å². The predicted molar refractivity (Wildman–Crippen MR) is 175 cm³/mol. The molecule has 280 valence electrons. The van der Waals surface area contributed by atoms with Gasteiger partial charge in [-0.15, -0.1) is 0 Å². The molecule has 0 radical (unpaired) electrons. The maximum absolute atomic E-state index is 12.3. The fourth-order valence-corrected chi connectivity index (χ4v) is 6.22. The average Bonchev–Trinajstić information content (AvgIpc) is 3.65. The molecule has 3 saturated heterocycles. The summed E-state index contributed by atoms with van der Waals surface area (Å²) in [5.41, 5.74) is -1.28. The van der Waals surface area contributed by atoms with Crippen molar-refractivity contribution < 1.29 is 82.5 Å². The van der Waals surface area contributed by atoms with Crippen LogP contribution in [0, 0.1) is 11.8 Å². The molecule has 0 aromatic rings. The number of likely N-dealkylation sites (tertiary alicyclic amines) is 2. The second kappa shape index (κ2) is 20.5. The number of ketones is 1. The molecule has 5 heterocycles. The van der Waals surface area contributed by atoms with Crippen LogP contribution in [0.15, 0.2) is 24.3 Å². The van der Waals surface area contributed by atoms with Crippen molar-refractivity contribution in [1.29, 1.82) is 0 Å². The molecule has 7 atom stereocenters. The molecular weight excluding hydrogens is 651 g/mol. The summed E-state index contributed by atoms with van der Waals surface area (Å²) in [6.07, 6.45) is 9.56. The molecule has 0 saturated carbocycles. The quantitative estimate of drug-likeness (QED) is 0.255. The molecule has 2 amide bonds. The molecule has 0 bridgehead atoms. The van der Waals surface area contributed by atoms with Crippen molar-refractivity contribution in [2.45, 2.75) is 109 Å². The van der Waals surface area contributed by atoms with Gasteiger partial charge in [-0.25, -0.2) is 14.4 Å². The number of hydrogen-bond donors (Lipinski definition) is 3. The first kappa shape index (κ1) is 45.5. The zero-order chi connectivity index (χ0) is 35.6. The third kappa shape index (κ3) is 13.2. The van der Waals surface area contributed by atoms with Gasteiger partial charge in [-0.3, -0.25) is 14.6 Å². The van der Waals surface area contributed by atoms with Crippen LogP contribution in [0.4, 0.5) is 9.59 Å². The van der Waals surface area contributed by atoms with Gasteiger partial charge in [-0.05, 0) is 67.2 Å². The maximum atomic E-state index is 12.3. The topological polar surface area (TPSA) is 212 Å². The first-order valence-corrected chi connectivity index (χ1v) is 16.7. The van der Waals surface area contributed by atoms with Gasteiger partial charge in [0.25, 0.3) is 0 Å². The van der Waals surface area contributed by atoms with E-state index < -0.39 is 59.9 Å². The zero-order valence-corrected chi connectivity index (χ0v) is 30.5. The molecule has 0 aliphatic carbocycles. The summed E-state index contributed by atoms with van der Waals surface area (Å²) in [6.45, 7) is 12.6. The van der Waals surface area contributed by atoms with Crippen LogP contribution < -0.4 is 18.9 Å². The van der Waals surface area contributed by atoms with Crippen LogP contribution in [0.25, 0.3) is 0 Å². The Labute approximate surface area is 306 Å². The minimum atomic E-state index is -1.05. The van der Waals surface area contributed by atoms with Crippen LogP contribution in [0.3, 0.4) is 0 Å². The Morgan fingerprint density at radius 2 is 1.22 bits per heavy atom. The number of carboxylic acid groups (broad SMARTS) is 1. The van der Waals surface area contributed by atoms with Crippen LogP contribution in [0.1, 0.15) is 67.2 Å². The number of aliphatic hydroxyl groups excluding tert-OH is 2. The number of carbonyl (C=O) groups is 4. The molecule has 4 N–H and O–H groups in total. The molecule has 5 aliphatic rings. The van der Waals surface area contributed by atoms with Crippen molar-refractivity contribution in [3.8, 4) is 0 Å². The number of carbonyl (C=O) groups excluding carboxylic acids is 3. The number of fused-ring (bicyclic) bond motifs is 2. The summed E-state index contributed by atoms with van der Waals surface area (Å²) in [5.74, 6) is -1.40. The Bertz CT molecular complexity index is 1160. The zero-order valence-electron chi connectivity index (χ0n) is 30.5. The predicted octanol–water partition coefficient (Wildman–Crippen LogP) is -0.235. The van der Waals surface area contributed by atoms with E-state index in [1.54, 1.807) is 41.5 Å². The largest absolute Gasteiger partial charge is 1.00 e. The second-order valence-electron chi connectivity index (χ2n) is 14.5. The molecule has 5 rings (SSSR count). The van der Waals surface area contributed by atoms with Crippen LogP contribution in [-0.4, -0.2) is 142 Å². The summed E-state index contributed by atoms with van der Waals surface area (Å²) in [6, 6.07) is -1.75. The summed E-state index contributed by atoms with van der Waals surface area (Å²) in [4.78, 5) is 50.7. The maximum Gasteiger partial charge on any atom is 1.00 e. The van der Waals surface area contributed by atoms with Gasteiger partial charge in [-0.2, -0.15) is 0 Å². The monoisotopic (exact) mass is 706 g/mol. The van der Waals surface area contributed by atoms with Gasteiger partial charge in [0.05, 0.1) is 38.1 Å². The van der Waals surface area contributed by atoms with Crippen molar-refractivity contribution >= 4 is 23.9 Å². The Morgan fingerprint density at radius 3 is 1.58 bits per heavy atom. The number of amides is 2. The van der Waals surface area contributed by atoms with E-state index >= 15 is 0 Å². The van der Waals surface area contributed by atoms with Gasteiger partial charge in [0.15, 0.2) is 11.8 Å². The molecule has 15 nitrogen and oxygen atoms in total. The van der Waals surface area contributed by atoms with E-state index in [-0.39, 0.29) is 55.0 Å². The molecule has 3 fully saturated rings. The summed E-state index contributed by atoms with van der Waals surface area (Å²) < 4.78 is 27.0. The normalized spacial score (nSPS) is 28.4. The molecule has 0 aromatic heterocycles. The van der Waals surface area contributed by atoms with E-state index in [0.29, 0.717) is 32.7 Å². The molecular formula is C34H55LiN2O13. The van der Waals surface area contributed by atoms with Crippen molar-refractivity contribution in [3.05, 3.63) is 24.3 Å². The van der Waals surface area contributed by atoms with Crippen molar-refractivity contribution in [2.24, 2.45) is 11.8 Å². The van der Waals surface area contributed by atoms with Gasteiger partial charge in [-0.1, -0.05) is 24.3 Å². The number of aliphatic hydroxyl groups is 2. The summed E-state index contributed by atoms with van der Waals surface area (Å²) in [7, 11) is 0. The summed E-state index contributed by atoms with van der Waals surface area (Å²) in [5, 5.41) is 27.0. The molecule has 1 unspecified atom stereocenters. The van der Waals surface area contributed by atoms with E-state index in [9.17, 15) is 29.4 Å². The molecule has 50 heavy (non-hydrogen) atoms. The second-order valence-corrected chi connectivity index (χ2v) is 14.5. The minimum absolute atomic E-state index is 0. The fourth-order valence-electron chi connectivity index (χ4n) is 6.22. The first-order valence-electron chi connectivity index (χ1n) is 16.7. The van der Waals surface area contributed by atoms with Gasteiger partial charge in [0.2, 0.25) is 0 Å². The number of rotatable bonds is 4. The minimum Gasteiger partial charge on any atom is -0.870 e. The van der Waals surface area contributed by atoms with E-state index in [1.807, 2.05) is 24.3 Å². The number of hydrogen-bond acceptors (Lipinski definition) is 12. The van der Waals surface area contributed by atoms with Crippen LogP contribution in [0.5, 0.6) is 0 Å². The van der Waals surface area contributed by atoms with Crippen molar-refractivity contribution in [1.82, 2.24) is 9.80 Å². The van der Waals surface area contributed by atoms with Gasteiger partial charge >= 0.3 is 37.0 Å². The van der Waals surface area contributed by atoms with Crippen LogP contribution >= 0.6 is 0 Å². The fraction of sp³-hybridized carbons (Fsp3) is 0.765. The molecule has 5 aliphatic heterocycles. The van der Waals surface area contributed by atoms with E-state index in [1.165, 1.54) is 9.80 Å². The number of ether oxygens (including phenoxy) is 5. The number of carboxylic acids is 1. The Morgan fingerprint density at radius 1 is 0.760 bits per heavy atom. The Kier molecular flexibility index (Phi) is 18.7. The first-order chi connectivity index (χ1) is 22.6. The number of nitrogens with zero attached hydrogens (tertiary/aromatic N) is 2. The van der Waals surface area contributed by atoms with Crippen molar-refractivity contribution in [2.75, 3.05) is 46.1 Å². The van der Waals surface area contributed by atoms with Crippen LogP contribution in [0.2, 0.25) is 0 Å². The number of Topliss-reactive ketones (excluding diaryl/α,β-unsaturated/α-hetero) is 1. The van der Waals surface area contributed by atoms with E-state index in [2.05, 4.69) is 0 Å². The van der Waals surface area contributed by atoms with E-state index in [4.69, 9.17) is 28.8 Å². The third-order valence-corrected chi connectivity index (χ3v) is 8.29. The number of aliphatic carboxylic acids is 1. The molecule has 0 aromatic carbocycles. The average molecular weight is 707 g/mol. The molecule has 16 heteroatoms. The third-order valence-electron chi connectivity index (χ3n) is 8.29. The Balaban J connectivity index is 0.000000405. The van der Waals surface area contributed by atoms with Gasteiger partial charge < -0.3 is 44.5 Å². The molecule has 0 spiro atoms. The SMILES string of the molecule is CC(C)(C)OC(=O)N1C[C@@H]2CC=CCO[C@H]2[C@H]1C(=O)CO.CC(C)(C)OC(=O)N1C[C@@H]2CC=CCO[C@H]2[C@H]1C(=O)O.OCC1CCCO1.[Li+].[OH-]. The van der Waals surface area contributed by atoms with Crippen LogP contribution in [-0.2, 0) is 33.3 Å². The van der Waals surface area contributed by atoms with E-state index in [0.717, 1.165) is 25.9 Å². The van der Waals surface area contributed by atoms with Crippen molar-refractivity contribution in [3.63, 3.8) is 0 Å². The number of allylic oxidation sites excluding steroid dienone is 2. The smallest absolute Gasteiger partial charge is 0.870 e. The standard InChI is InChI=1S/C15H23NO5.C14H21NO5.C5H10O2.Li.H2O/c1-15(2,3)21-14(19)16-8-10-6-4-5-7-20-13(10)12(16)11(18)9-17;1-14(2,3)20-13(18)15-8-9-6-4-5-7-19-11(9)10(15)12(16)17;6-4-5-2-1-3-7-5;;/h4-5,10,12-13,17H,6-9H2,1-3H3;4-5,9-11H,6-8H2,1-3H3,(H,16,17);5-6H,1-4H2;;1H2/q;;;+1;/p-1/t10-,12+,13+;9-,10-,11+;;;/m00.../s1.